The number of hydrogen-bond donors (Lipinski definition) is 0. The number of fused-ring (bicyclic) bond motifs is 6. The molecule has 0 N–H and O–H groups in total. The van der Waals surface area contributed by atoms with Gasteiger partial charge in [0, 0.05) is 44.2 Å². The number of rotatable bonds is 7. The Morgan fingerprint density at radius 2 is 0.684 bits per heavy atom. The molecule has 0 saturated heterocycles. The topological polar surface area (TPSA) is 29.5 Å². The summed E-state index contributed by atoms with van der Waals surface area (Å²) >= 11 is 0. The molecule has 0 bridgehead atoms. The SMILES string of the molecule is c1ccc(-c2ccc(N(c3ccc(-c4ccccc4)cc3)c3ccc(-c4cc(-c5ccc6oc7ccccc7c6c5)cc5c4oc4ccccc45)cc3)cc2)cc1. The molecule has 3 nitrogen and oxygen atoms in total. The summed E-state index contributed by atoms with van der Waals surface area (Å²) in [5.41, 5.74) is 15.9. The highest BCUT2D eigenvalue weighted by atomic mass is 16.3. The number of anilines is 3. The van der Waals surface area contributed by atoms with Crippen molar-refractivity contribution in [1.29, 1.82) is 0 Å². The largest absolute Gasteiger partial charge is 0.456 e. The van der Waals surface area contributed by atoms with Crippen LogP contribution in [0, 0.1) is 0 Å². The van der Waals surface area contributed by atoms with Gasteiger partial charge in [0.15, 0.2) is 0 Å². The summed E-state index contributed by atoms with van der Waals surface area (Å²) in [6, 6.07) is 75.2. The highest BCUT2D eigenvalue weighted by Gasteiger charge is 2.18. The van der Waals surface area contributed by atoms with E-state index in [1.54, 1.807) is 0 Å². The molecule has 268 valence electrons. The summed E-state index contributed by atoms with van der Waals surface area (Å²) in [5, 5.41) is 4.43. The van der Waals surface area contributed by atoms with Crippen molar-refractivity contribution in [2.24, 2.45) is 0 Å². The number of furan rings is 2. The molecule has 0 aliphatic heterocycles. The molecule has 0 fully saturated rings. The lowest BCUT2D eigenvalue weighted by atomic mass is 9.95. The normalized spacial score (nSPS) is 11.5. The molecule has 0 amide bonds. The third-order valence-corrected chi connectivity index (χ3v) is 11.1. The molecular weight excluding hydrogens is 695 g/mol. The van der Waals surface area contributed by atoms with Gasteiger partial charge in [0.05, 0.1) is 0 Å². The fraction of sp³-hybridized carbons (Fsp3) is 0. The molecule has 2 aromatic heterocycles. The summed E-state index contributed by atoms with van der Waals surface area (Å²) in [5.74, 6) is 0. The van der Waals surface area contributed by atoms with Crippen LogP contribution in [0.4, 0.5) is 17.1 Å². The van der Waals surface area contributed by atoms with Crippen molar-refractivity contribution in [3.63, 3.8) is 0 Å². The highest BCUT2D eigenvalue weighted by molar-refractivity contribution is 6.12. The Balaban J connectivity index is 1.03. The van der Waals surface area contributed by atoms with Crippen LogP contribution in [0.3, 0.4) is 0 Å². The lowest BCUT2D eigenvalue weighted by Crippen LogP contribution is -2.09. The first-order valence-corrected chi connectivity index (χ1v) is 19.3. The molecule has 0 saturated carbocycles. The van der Waals surface area contributed by atoms with Crippen molar-refractivity contribution in [2.75, 3.05) is 4.90 Å². The number of benzene rings is 9. The minimum atomic E-state index is 0.878. The molecule has 2 heterocycles. The minimum absolute atomic E-state index is 0.878. The van der Waals surface area contributed by atoms with E-state index < -0.39 is 0 Å². The van der Waals surface area contributed by atoms with Crippen molar-refractivity contribution < 1.29 is 8.83 Å². The van der Waals surface area contributed by atoms with Gasteiger partial charge < -0.3 is 13.7 Å². The van der Waals surface area contributed by atoms with Crippen LogP contribution in [0.1, 0.15) is 0 Å². The standard InChI is InChI=1S/C54H35NO2/c1-3-11-36(12-4-1)38-19-26-43(27-20-38)55(44-28-21-39(22-29-44)37-13-5-2-6-14-37)45-30-23-40(24-31-45)48-34-42(35-50-47-16-8-10-18-52(47)57-54(48)50)41-25-32-53-49(33-41)46-15-7-9-17-51(46)56-53/h1-35H. The molecule has 0 unspecified atom stereocenters. The second-order valence-corrected chi connectivity index (χ2v) is 14.5. The second kappa shape index (κ2) is 13.6. The van der Waals surface area contributed by atoms with E-state index in [0.29, 0.717) is 0 Å². The van der Waals surface area contributed by atoms with Crippen LogP contribution in [0.5, 0.6) is 0 Å². The Hall–Kier alpha value is -7.62. The van der Waals surface area contributed by atoms with Gasteiger partial charge in [-0.3, -0.25) is 0 Å². The van der Waals surface area contributed by atoms with Gasteiger partial charge in [-0.1, -0.05) is 140 Å². The van der Waals surface area contributed by atoms with Gasteiger partial charge in [-0.15, -0.1) is 0 Å². The van der Waals surface area contributed by atoms with Crippen molar-refractivity contribution >= 4 is 60.9 Å². The summed E-state index contributed by atoms with van der Waals surface area (Å²) in [6.45, 7) is 0. The first-order valence-electron chi connectivity index (χ1n) is 19.3. The minimum Gasteiger partial charge on any atom is -0.456 e. The molecule has 57 heavy (non-hydrogen) atoms. The zero-order valence-corrected chi connectivity index (χ0v) is 31.0. The lowest BCUT2D eigenvalue weighted by molar-refractivity contribution is 0.669. The van der Waals surface area contributed by atoms with Gasteiger partial charge in [0.2, 0.25) is 0 Å². The zero-order chi connectivity index (χ0) is 37.7. The quantitative estimate of drug-likeness (QED) is 0.164. The first-order chi connectivity index (χ1) is 28.2. The summed E-state index contributed by atoms with van der Waals surface area (Å²) in [7, 11) is 0. The molecule has 11 aromatic rings. The van der Waals surface area contributed by atoms with E-state index in [1.165, 1.54) is 22.3 Å². The van der Waals surface area contributed by atoms with Crippen LogP contribution in [0.2, 0.25) is 0 Å². The van der Waals surface area contributed by atoms with Crippen LogP contribution in [0.25, 0.3) is 88.4 Å². The molecule has 0 atom stereocenters. The highest BCUT2D eigenvalue weighted by Crippen LogP contribution is 2.43. The predicted octanol–water partition coefficient (Wildman–Crippen LogP) is 15.6. The molecule has 0 aliphatic rings. The van der Waals surface area contributed by atoms with Gasteiger partial charge >= 0.3 is 0 Å². The van der Waals surface area contributed by atoms with E-state index in [1.807, 2.05) is 18.2 Å². The van der Waals surface area contributed by atoms with Crippen LogP contribution in [0.15, 0.2) is 221 Å². The van der Waals surface area contributed by atoms with Gasteiger partial charge in [0.25, 0.3) is 0 Å². The predicted molar refractivity (Wildman–Crippen MR) is 237 cm³/mol. The van der Waals surface area contributed by atoms with Crippen molar-refractivity contribution in [1.82, 2.24) is 0 Å². The maximum absolute atomic E-state index is 6.63. The van der Waals surface area contributed by atoms with Gasteiger partial charge in [0.1, 0.15) is 22.3 Å². The monoisotopic (exact) mass is 729 g/mol. The lowest BCUT2D eigenvalue weighted by Gasteiger charge is -2.26. The first kappa shape index (κ1) is 32.8. The Kier molecular flexibility index (Phi) is 7.82. The van der Waals surface area contributed by atoms with Gasteiger partial charge in [-0.25, -0.2) is 0 Å². The Labute approximate surface area is 330 Å². The van der Waals surface area contributed by atoms with Crippen molar-refractivity contribution in [2.45, 2.75) is 0 Å². The molecule has 0 aliphatic carbocycles. The van der Waals surface area contributed by atoms with Crippen LogP contribution < -0.4 is 4.90 Å². The Morgan fingerprint density at radius 3 is 1.26 bits per heavy atom. The number of hydrogen-bond acceptors (Lipinski definition) is 3. The molecule has 3 heteroatoms. The Bertz CT molecular complexity index is 3110. The molecule has 9 aromatic carbocycles. The second-order valence-electron chi connectivity index (χ2n) is 14.5. The number of nitrogens with zero attached hydrogens (tertiary/aromatic N) is 1. The van der Waals surface area contributed by atoms with E-state index >= 15 is 0 Å². The van der Waals surface area contributed by atoms with Crippen LogP contribution in [-0.2, 0) is 0 Å². The van der Waals surface area contributed by atoms with E-state index in [4.69, 9.17) is 8.83 Å². The fourth-order valence-electron chi connectivity index (χ4n) is 8.22. The van der Waals surface area contributed by atoms with E-state index in [9.17, 15) is 0 Å². The van der Waals surface area contributed by atoms with Crippen molar-refractivity contribution in [3.05, 3.63) is 212 Å². The summed E-state index contributed by atoms with van der Waals surface area (Å²) in [6.07, 6.45) is 0. The fourth-order valence-corrected chi connectivity index (χ4v) is 8.22. The Morgan fingerprint density at radius 1 is 0.263 bits per heavy atom. The third kappa shape index (κ3) is 5.85. The third-order valence-electron chi connectivity index (χ3n) is 11.1. The van der Waals surface area contributed by atoms with Gasteiger partial charge in [-0.05, 0) is 112 Å². The maximum atomic E-state index is 6.63. The van der Waals surface area contributed by atoms with E-state index in [0.717, 1.165) is 83.2 Å². The average Bonchev–Trinajstić information content (AvgIpc) is 3.86. The number of para-hydroxylation sites is 2. The molecule has 0 spiro atoms. The van der Waals surface area contributed by atoms with Crippen molar-refractivity contribution in [3.8, 4) is 44.5 Å². The maximum Gasteiger partial charge on any atom is 0.143 e. The molecular formula is C54H35NO2. The van der Waals surface area contributed by atoms with Crippen LogP contribution >= 0.6 is 0 Å². The summed E-state index contributed by atoms with van der Waals surface area (Å²) < 4.78 is 12.8. The van der Waals surface area contributed by atoms with E-state index in [-0.39, 0.29) is 0 Å². The van der Waals surface area contributed by atoms with Gasteiger partial charge in [-0.2, -0.15) is 0 Å². The smallest absolute Gasteiger partial charge is 0.143 e. The van der Waals surface area contributed by atoms with Crippen LogP contribution in [-0.4, -0.2) is 0 Å². The summed E-state index contributed by atoms with van der Waals surface area (Å²) in [4.78, 5) is 2.32. The zero-order valence-electron chi connectivity index (χ0n) is 31.0. The molecule has 0 radical (unpaired) electrons. The average molecular weight is 730 g/mol. The molecule has 11 rings (SSSR count). The van der Waals surface area contributed by atoms with E-state index in [2.05, 4.69) is 199 Å².